The number of hydrogen-bond acceptors (Lipinski definition) is 4. The third kappa shape index (κ3) is 5.40. The predicted octanol–water partition coefficient (Wildman–Crippen LogP) is 12.6. The van der Waals surface area contributed by atoms with Crippen LogP contribution in [0.2, 0.25) is 0 Å². The molecule has 6 heterocycles. The Kier molecular flexibility index (Phi) is 8.94. The monoisotopic (exact) mass is 993 g/mol. The first-order valence-corrected chi connectivity index (χ1v) is 21.4. The topological polar surface area (TPSA) is 60.9 Å². The van der Waals surface area contributed by atoms with Crippen LogP contribution in [-0.4, -0.2) is 29.1 Å². The van der Waals surface area contributed by atoms with E-state index in [0.29, 0.717) is 5.92 Å². The van der Waals surface area contributed by atoms with Crippen LogP contribution in [0.4, 0.5) is 0 Å². The maximum absolute atomic E-state index is 5.45. The zero-order valence-corrected chi connectivity index (χ0v) is 37.9. The van der Waals surface area contributed by atoms with Gasteiger partial charge in [-0.3, -0.25) is 0 Å². The van der Waals surface area contributed by atoms with Gasteiger partial charge in [0, 0.05) is 39.2 Å². The van der Waals surface area contributed by atoms with Gasteiger partial charge in [0.25, 0.3) is 0 Å². The van der Waals surface area contributed by atoms with Crippen molar-refractivity contribution in [2.24, 2.45) is 0 Å². The van der Waals surface area contributed by atoms with E-state index < -0.39 is 5.41 Å². The van der Waals surface area contributed by atoms with E-state index in [4.69, 9.17) is 20.2 Å². The quantitative estimate of drug-likeness (QED) is 0.0946. The molecule has 12 rings (SSSR count). The van der Waals surface area contributed by atoms with Crippen LogP contribution in [0, 0.1) is 19.1 Å². The molecule has 6 aromatic carbocycles. The van der Waals surface area contributed by atoms with E-state index in [1.807, 2.05) is 18.5 Å². The minimum Gasteiger partial charge on any atom is -0.351 e. The van der Waals surface area contributed by atoms with Gasteiger partial charge in [0.2, 0.25) is 0 Å². The molecule has 0 radical (unpaired) electrons. The van der Waals surface area contributed by atoms with Crippen molar-refractivity contribution in [1.82, 2.24) is 29.1 Å². The van der Waals surface area contributed by atoms with Crippen molar-refractivity contribution in [2.75, 3.05) is 0 Å². The molecule has 0 aliphatic carbocycles. The number of benzene rings is 6. The third-order valence-corrected chi connectivity index (χ3v) is 13.5. The summed E-state index contributed by atoms with van der Waals surface area (Å²) in [6.07, 6.45) is 3.94. The molecule has 0 saturated heterocycles. The van der Waals surface area contributed by atoms with Crippen LogP contribution in [0.3, 0.4) is 0 Å². The van der Waals surface area contributed by atoms with Crippen LogP contribution < -0.4 is 0 Å². The zero-order chi connectivity index (χ0) is 41.9. The van der Waals surface area contributed by atoms with E-state index in [1.54, 1.807) is 0 Å². The van der Waals surface area contributed by atoms with Gasteiger partial charge in [0.05, 0.1) is 5.65 Å². The van der Waals surface area contributed by atoms with E-state index >= 15 is 0 Å². The van der Waals surface area contributed by atoms with Crippen LogP contribution in [0.1, 0.15) is 78.1 Å². The maximum atomic E-state index is 5.45. The van der Waals surface area contributed by atoms with Crippen molar-refractivity contribution in [1.29, 1.82) is 0 Å². The second-order valence-corrected chi connectivity index (χ2v) is 17.6. The van der Waals surface area contributed by atoms with E-state index in [9.17, 15) is 0 Å². The number of rotatable bonds is 6. The number of fused-ring (bicyclic) bond motifs is 11. The van der Waals surface area contributed by atoms with E-state index in [1.165, 1.54) is 27.6 Å². The molecule has 0 atom stereocenters. The van der Waals surface area contributed by atoms with Crippen molar-refractivity contribution in [3.05, 3.63) is 215 Å². The molecule has 63 heavy (non-hydrogen) atoms. The van der Waals surface area contributed by atoms with Crippen LogP contribution in [0.15, 0.2) is 158 Å². The van der Waals surface area contributed by atoms with Crippen molar-refractivity contribution >= 4 is 49.3 Å². The van der Waals surface area contributed by atoms with Crippen molar-refractivity contribution in [3.63, 3.8) is 0 Å². The molecule has 7 heteroatoms. The molecule has 6 nitrogen and oxygen atoms in total. The molecular weight excluding hydrogens is 952 g/mol. The molecule has 0 bridgehead atoms. The molecule has 306 valence electrons. The first-order valence-electron chi connectivity index (χ1n) is 21.4. The summed E-state index contributed by atoms with van der Waals surface area (Å²) in [4.78, 5) is 10.5. The smallest absolute Gasteiger partial charge is 0.351 e. The first kappa shape index (κ1) is 39.1. The largest absolute Gasteiger partial charge is 2.00 e. The van der Waals surface area contributed by atoms with Crippen molar-refractivity contribution < 1.29 is 21.1 Å². The average molecular weight is 994 g/mol. The molecule has 5 aromatic heterocycles. The van der Waals surface area contributed by atoms with Crippen LogP contribution in [0.5, 0.6) is 0 Å². The second kappa shape index (κ2) is 14.4. The van der Waals surface area contributed by atoms with Gasteiger partial charge >= 0.3 is 21.1 Å². The van der Waals surface area contributed by atoms with Gasteiger partial charge < -0.3 is 14.0 Å². The Morgan fingerprint density at radius 1 is 0.651 bits per heavy atom. The minimum absolute atomic E-state index is 0. The van der Waals surface area contributed by atoms with Crippen LogP contribution in [-0.2, 0) is 31.9 Å². The molecule has 1 aliphatic heterocycles. The number of hydrogen-bond donors (Lipinski definition) is 0. The molecule has 11 aromatic rings. The maximum Gasteiger partial charge on any atom is 2.00 e. The van der Waals surface area contributed by atoms with E-state index in [2.05, 4.69) is 195 Å². The molecule has 0 N–H and O–H groups in total. The fourth-order valence-electron chi connectivity index (χ4n) is 10.6. The fraction of sp³-hybridized carbons (Fsp3) is 0.143. The van der Waals surface area contributed by atoms with Gasteiger partial charge in [-0.05, 0) is 69.1 Å². The Balaban J connectivity index is 0.00000444. The van der Waals surface area contributed by atoms with Crippen LogP contribution in [0.25, 0.3) is 66.5 Å². The number of pyridine rings is 3. The van der Waals surface area contributed by atoms with E-state index in [0.717, 1.165) is 83.4 Å². The summed E-state index contributed by atoms with van der Waals surface area (Å²) in [5.74, 6) is 2.05. The number of aromatic nitrogens is 6. The van der Waals surface area contributed by atoms with Gasteiger partial charge in [-0.25, -0.2) is 4.98 Å². The summed E-state index contributed by atoms with van der Waals surface area (Å²) in [6.45, 7) is 11.2. The second-order valence-electron chi connectivity index (χ2n) is 17.6. The molecule has 0 amide bonds. The fourth-order valence-corrected chi connectivity index (χ4v) is 10.6. The molecular formula is C56H42N6Pt. The van der Waals surface area contributed by atoms with Crippen molar-refractivity contribution in [3.8, 4) is 17.2 Å². The van der Waals surface area contributed by atoms with Crippen molar-refractivity contribution in [2.45, 2.75) is 51.4 Å². The number of nitrogens with zero attached hydrogens (tertiary/aromatic N) is 6. The minimum atomic E-state index is -0.900. The summed E-state index contributed by atoms with van der Waals surface area (Å²) >= 11 is 0. The Hall–Kier alpha value is -6.75. The third-order valence-electron chi connectivity index (χ3n) is 13.5. The molecule has 0 spiro atoms. The van der Waals surface area contributed by atoms with Crippen LogP contribution >= 0.6 is 0 Å². The van der Waals surface area contributed by atoms with Gasteiger partial charge in [-0.2, -0.15) is 23.3 Å². The Bertz CT molecular complexity index is 3560. The Labute approximate surface area is 380 Å². The predicted molar refractivity (Wildman–Crippen MR) is 250 cm³/mol. The van der Waals surface area contributed by atoms with Gasteiger partial charge in [0.15, 0.2) is 5.82 Å². The molecule has 1 aliphatic rings. The summed E-state index contributed by atoms with van der Waals surface area (Å²) in [5.41, 5.74) is 13.5. The van der Waals surface area contributed by atoms with Gasteiger partial charge in [-0.1, -0.05) is 172 Å². The average Bonchev–Trinajstić information content (AvgIpc) is 3.90. The zero-order valence-electron chi connectivity index (χ0n) is 35.6. The number of para-hydroxylation sites is 1. The Morgan fingerprint density at radius 2 is 1.37 bits per heavy atom. The van der Waals surface area contributed by atoms with E-state index in [-0.39, 0.29) is 26.5 Å². The standard InChI is InChI=1S/C56H42N6.Pt/c1-34(2)40-22-12-13-23-43(40)52-59-60-53-44-31-39(33-58-50(44)49-35(3)17-14-27-47(49)62(52)53)56(36-18-8-6-9-19-36,37-20-10-7-11-21-37)38-28-29-41-42-24-15-25-45-51(42)61(48(41)32-38)54-46(55(45,4)5)26-16-30-57-54;/h6-30,33-34H,1-5H3;/q-2;+2. The molecule has 0 unspecified atom stereocenters. The summed E-state index contributed by atoms with van der Waals surface area (Å²) in [5, 5.41) is 14.2. The first-order chi connectivity index (χ1) is 30.3. The summed E-state index contributed by atoms with van der Waals surface area (Å²) < 4.78 is 4.57. The summed E-state index contributed by atoms with van der Waals surface area (Å²) in [7, 11) is 0. The SMILES string of the molecule is Cc1cccc2c1c1ncc(C(c3[c-]c4c(cc3)c3cccc5c3n4-c3ncccc3C5(C)C)(c3ccccc3)c3ccccc3)[c-]c1c1nnc(-c3ccccc3C(C)C)n21.[Pt+2]. The molecule has 0 fully saturated rings. The van der Waals surface area contributed by atoms with Gasteiger partial charge in [0.1, 0.15) is 5.82 Å². The Morgan fingerprint density at radius 3 is 2.13 bits per heavy atom. The normalized spacial score (nSPS) is 13.3. The summed E-state index contributed by atoms with van der Waals surface area (Å²) in [6, 6.07) is 60.2. The van der Waals surface area contributed by atoms with Gasteiger partial charge in [-0.15, -0.1) is 22.1 Å². The number of aryl methyl sites for hydroxylation is 1. The molecule has 0 saturated carbocycles.